The van der Waals surface area contributed by atoms with Crippen LogP contribution >= 0.6 is 11.3 Å². The number of nitrogens with two attached hydrogens (primary N) is 1. The Labute approximate surface area is 88.5 Å². The van der Waals surface area contributed by atoms with Crippen molar-refractivity contribution in [2.75, 3.05) is 6.54 Å². The molecule has 0 bridgehead atoms. The maximum Gasteiger partial charge on any atom is 0.0962 e. The van der Waals surface area contributed by atoms with Crippen molar-refractivity contribution in [3.63, 3.8) is 0 Å². The van der Waals surface area contributed by atoms with Crippen LogP contribution in [0, 0.1) is 0 Å². The van der Waals surface area contributed by atoms with Crippen molar-refractivity contribution in [2.24, 2.45) is 5.73 Å². The third-order valence-electron chi connectivity index (χ3n) is 3.29. The number of hydrogen-bond donors (Lipinski definition) is 1. The second kappa shape index (κ2) is 3.31. The van der Waals surface area contributed by atoms with Crippen LogP contribution in [0.5, 0.6) is 0 Å². The standard InChI is InChI=1S/C11H16N2S/c12-6-5-7-3-4-9-10(7)13-11(14-9)8-1-2-8/h7-8H,1-6,12H2. The van der Waals surface area contributed by atoms with Crippen molar-refractivity contribution >= 4 is 11.3 Å². The minimum Gasteiger partial charge on any atom is -0.330 e. The van der Waals surface area contributed by atoms with Gasteiger partial charge in [-0.25, -0.2) is 4.98 Å². The Balaban J connectivity index is 1.86. The summed E-state index contributed by atoms with van der Waals surface area (Å²) in [5.74, 6) is 1.50. The Kier molecular flexibility index (Phi) is 2.10. The van der Waals surface area contributed by atoms with E-state index < -0.39 is 0 Å². The van der Waals surface area contributed by atoms with Gasteiger partial charge >= 0.3 is 0 Å². The number of thiazole rings is 1. The van der Waals surface area contributed by atoms with Crippen molar-refractivity contribution < 1.29 is 0 Å². The Hall–Kier alpha value is -0.410. The highest BCUT2D eigenvalue weighted by Crippen LogP contribution is 2.46. The first kappa shape index (κ1) is 8.86. The van der Waals surface area contributed by atoms with E-state index in [0.717, 1.165) is 18.9 Å². The van der Waals surface area contributed by atoms with Gasteiger partial charge in [-0.05, 0) is 38.6 Å². The molecular formula is C11H16N2S. The molecule has 3 rings (SSSR count). The lowest BCUT2D eigenvalue weighted by molar-refractivity contribution is 0.614. The van der Waals surface area contributed by atoms with Gasteiger partial charge in [0.15, 0.2) is 0 Å². The van der Waals surface area contributed by atoms with E-state index in [1.807, 2.05) is 11.3 Å². The molecule has 0 amide bonds. The highest BCUT2D eigenvalue weighted by atomic mass is 32.1. The number of aryl methyl sites for hydroxylation is 1. The highest BCUT2D eigenvalue weighted by Gasteiger charge is 2.32. The molecule has 1 aromatic rings. The molecular weight excluding hydrogens is 192 g/mol. The molecule has 3 heteroatoms. The largest absolute Gasteiger partial charge is 0.330 e. The molecule has 14 heavy (non-hydrogen) atoms. The summed E-state index contributed by atoms with van der Waals surface area (Å²) in [6.07, 6.45) is 6.41. The maximum absolute atomic E-state index is 5.62. The SMILES string of the molecule is NCCC1CCc2sc(C3CC3)nc21. The van der Waals surface area contributed by atoms with Crippen LogP contribution in [0.3, 0.4) is 0 Å². The second-order valence-electron chi connectivity index (χ2n) is 4.45. The Bertz CT molecular complexity index is 341. The molecule has 2 aliphatic rings. The van der Waals surface area contributed by atoms with E-state index in [-0.39, 0.29) is 0 Å². The van der Waals surface area contributed by atoms with Crippen LogP contribution in [-0.4, -0.2) is 11.5 Å². The summed E-state index contributed by atoms with van der Waals surface area (Å²) < 4.78 is 0. The predicted molar refractivity (Wildman–Crippen MR) is 58.8 cm³/mol. The molecule has 0 aliphatic heterocycles. The molecule has 2 N–H and O–H groups in total. The van der Waals surface area contributed by atoms with Gasteiger partial charge in [0, 0.05) is 16.7 Å². The molecule has 2 aliphatic carbocycles. The van der Waals surface area contributed by atoms with Gasteiger partial charge in [-0.3, -0.25) is 0 Å². The summed E-state index contributed by atoms with van der Waals surface area (Å²) in [6, 6.07) is 0. The minimum atomic E-state index is 0.679. The highest BCUT2D eigenvalue weighted by molar-refractivity contribution is 7.11. The normalized spacial score (nSPS) is 25.4. The number of hydrogen-bond acceptors (Lipinski definition) is 3. The number of rotatable bonds is 3. The van der Waals surface area contributed by atoms with Crippen LogP contribution in [0.1, 0.15) is 53.1 Å². The first-order valence-electron chi connectivity index (χ1n) is 5.58. The lowest BCUT2D eigenvalue weighted by atomic mass is 10.0. The van der Waals surface area contributed by atoms with Crippen LogP contribution in [0.15, 0.2) is 0 Å². The van der Waals surface area contributed by atoms with Crippen molar-refractivity contribution in [1.82, 2.24) is 4.98 Å². The first-order chi connectivity index (χ1) is 6.88. The topological polar surface area (TPSA) is 38.9 Å². The smallest absolute Gasteiger partial charge is 0.0962 e. The maximum atomic E-state index is 5.62. The summed E-state index contributed by atoms with van der Waals surface area (Å²) in [5.41, 5.74) is 7.03. The van der Waals surface area contributed by atoms with Gasteiger partial charge in [-0.15, -0.1) is 11.3 Å². The molecule has 2 nitrogen and oxygen atoms in total. The average molecular weight is 208 g/mol. The van der Waals surface area contributed by atoms with E-state index >= 15 is 0 Å². The van der Waals surface area contributed by atoms with Crippen molar-refractivity contribution in [1.29, 1.82) is 0 Å². The third-order valence-corrected chi connectivity index (χ3v) is 4.59. The molecule has 76 valence electrons. The van der Waals surface area contributed by atoms with Gasteiger partial charge in [-0.2, -0.15) is 0 Å². The fraction of sp³-hybridized carbons (Fsp3) is 0.727. The van der Waals surface area contributed by atoms with E-state index in [4.69, 9.17) is 10.7 Å². The average Bonchev–Trinajstić information content (AvgIpc) is 2.84. The van der Waals surface area contributed by atoms with Gasteiger partial charge in [0.25, 0.3) is 0 Å². The van der Waals surface area contributed by atoms with Crippen LogP contribution in [-0.2, 0) is 6.42 Å². The first-order valence-corrected chi connectivity index (χ1v) is 6.39. The molecule has 1 atom stereocenters. The Morgan fingerprint density at radius 3 is 2.93 bits per heavy atom. The van der Waals surface area contributed by atoms with Gasteiger partial charge in [0.1, 0.15) is 0 Å². The van der Waals surface area contributed by atoms with E-state index in [1.54, 1.807) is 4.88 Å². The van der Waals surface area contributed by atoms with Gasteiger partial charge in [0.05, 0.1) is 10.7 Å². The van der Waals surface area contributed by atoms with Crippen LogP contribution in [0.25, 0.3) is 0 Å². The molecule has 0 spiro atoms. The van der Waals surface area contributed by atoms with Crippen molar-refractivity contribution in [3.8, 4) is 0 Å². The number of fused-ring (bicyclic) bond motifs is 1. The number of aromatic nitrogens is 1. The van der Waals surface area contributed by atoms with Crippen LogP contribution in [0.4, 0.5) is 0 Å². The molecule has 1 saturated carbocycles. The molecule has 1 aromatic heterocycles. The molecule has 1 unspecified atom stereocenters. The van der Waals surface area contributed by atoms with Gasteiger partial charge in [0.2, 0.25) is 0 Å². The van der Waals surface area contributed by atoms with Crippen LogP contribution < -0.4 is 5.73 Å². The van der Waals surface area contributed by atoms with E-state index in [1.165, 1.54) is 36.4 Å². The lowest BCUT2D eigenvalue weighted by Crippen LogP contribution is -2.05. The Morgan fingerprint density at radius 2 is 2.21 bits per heavy atom. The third kappa shape index (κ3) is 1.39. The second-order valence-corrected chi connectivity index (χ2v) is 5.56. The molecule has 0 saturated heterocycles. The minimum absolute atomic E-state index is 0.679. The predicted octanol–water partition coefficient (Wildman–Crippen LogP) is 2.40. The summed E-state index contributed by atoms with van der Waals surface area (Å²) in [4.78, 5) is 6.38. The van der Waals surface area contributed by atoms with Crippen molar-refractivity contribution in [2.45, 2.75) is 43.9 Å². The zero-order valence-corrected chi connectivity index (χ0v) is 9.15. The van der Waals surface area contributed by atoms with Gasteiger partial charge in [-0.1, -0.05) is 0 Å². The molecule has 1 heterocycles. The summed E-state index contributed by atoms with van der Waals surface area (Å²) in [7, 11) is 0. The van der Waals surface area contributed by atoms with Crippen molar-refractivity contribution in [3.05, 3.63) is 15.6 Å². The zero-order valence-electron chi connectivity index (χ0n) is 8.33. The van der Waals surface area contributed by atoms with Crippen LogP contribution in [0.2, 0.25) is 0 Å². The number of nitrogens with zero attached hydrogens (tertiary/aromatic N) is 1. The monoisotopic (exact) mass is 208 g/mol. The summed E-state index contributed by atoms with van der Waals surface area (Å²) in [6.45, 7) is 0.806. The van der Waals surface area contributed by atoms with E-state index in [2.05, 4.69) is 0 Å². The van der Waals surface area contributed by atoms with E-state index in [0.29, 0.717) is 5.92 Å². The lowest BCUT2D eigenvalue weighted by Gasteiger charge is -2.05. The van der Waals surface area contributed by atoms with Gasteiger partial charge < -0.3 is 5.73 Å². The Morgan fingerprint density at radius 1 is 1.36 bits per heavy atom. The quantitative estimate of drug-likeness (QED) is 0.828. The fourth-order valence-electron chi connectivity index (χ4n) is 2.31. The molecule has 0 aromatic carbocycles. The zero-order chi connectivity index (χ0) is 9.54. The fourth-order valence-corrected chi connectivity index (χ4v) is 3.65. The summed E-state index contributed by atoms with van der Waals surface area (Å²) in [5, 5.41) is 1.41. The summed E-state index contributed by atoms with van der Waals surface area (Å²) >= 11 is 1.97. The van der Waals surface area contributed by atoms with E-state index in [9.17, 15) is 0 Å². The molecule has 0 radical (unpaired) electrons. The molecule has 1 fully saturated rings.